The second-order valence-corrected chi connectivity index (χ2v) is 6.52. The highest BCUT2D eigenvalue weighted by atomic mass is 32.2. The second-order valence-electron chi connectivity index (χ2n) is 5.58. The van der Waals surface area contributed by atoms with Crippen LogP contribution in [-0.2, 0) is 4.79 Å². The molecular weight excluding hydrogens is 370 g/mol. The topological polar surface area (TPSA) is 128 Å². The van der Waals surface area contributed by atoms with Gasteiger partial charge in [-0.15, -0.1) is 5.10 Å². The number of hydrogen-bond donors (Lipinski definition) is 1. The first-order chi connectivity index (χ1) is 12.9. The van der Waals surface area contributed by atoms with E-state index < -0.39 is 4.92 Å². The number of rotatable bonds is 6. The second kappa shape index (κ2) is 7.91. The minimum Gasteiger partial charge on any atom is -0.272 e. The summed E-state index contributed by atoms with van der Waals surface area (Å²) in [6.45, 7) is 3.79. The lowest BCUT2D eigenvalue weighted by molar-refractivity contribution is -0.384. The zero-order valence-corrected chi connectivity index (χ0v) is 15.3. The SMILES string of the molecule is Cc1cc(C)n2nc(SCC(=O)N/N=C\c3ccc([N+](=O)[O-])cc3)nc2n1. The van der Waals surface area contributed by atoms with Gasteiger partial charge in [-0.05, 0) is 37.6 Å². The molecule has 0 spiro atoms. The van der Waals surface area contributed by atoms with Gasteiger partial charge in [-0.25, -0.2) is 14.9 Å². The highest BCUT2D eigenvalue weighted by Crippen LogP contribution is 2.15. The number of nitrogens with one attached hydrogen (secondary N) is 1. The molecule has 0 aliphatic rings. The number of benzene rings is 1. The van der Waals surface area contributed by atoms with E-state index in [-0.39, 0.29) is 17.3 Å². The van der Waals surface area contributed by atoms with Crippen LogP contribution in [0.3, 0.4) is 0 Å². The Morgan fingerprint density at radius 1 is 1.33 bits per heavy atom. The van der Waals surface area contributed by atoms with Gasteiger partial charge in [0.25, 0.3) is 17.4 Å². The van der Waals surface area contributed by atoms with Gasteiger partial charge >= 0.3 is 0 Å². The minimum atomic E-state index is -0.481. The van der Waals surface area contributed by atoms with Crippen LogP contribution in [0, 0.1) is 24.0 Å². The number of hydrazone groups is 1. The summed E-state index contributed by atoms with van der Waals surface area (Å²) in [4.78, 5) is 30.6. The Hall–Kier alpha value is -3.34. The van der Waals surface area contributed by atoms with Crippen molar-refractivity contribution in [1.82, 2.24) is 25.0 Å². The third-order valence-corrected chi connectivity index (χ3v) is 4.28. The van der Waals surface area contributed by atoms with Crippen LogP contribution in [0.4, 0.5) is 5.69 Å². The highest BCUT2D eigenvalue weighted by Gasteiger charge is 2.10. The maximum absolute atomic E-state index is 11.9. The molecule has 0 aliphatic heterocycles. The lowest BCUT2D eigenvalue weighted by Crippen LogP contribution is -2.19. The zero-order valence-electron chi connectivity index (χ0n) is 14.5. The van der Waals surface area contributed by atoms with Gasteiger partial charge in [0.15, 0.2) is 0 Å². The normalized spacial score (nSPS) is 11.2. The average Bonchev–Trinajstić information content (AvgIpc) is 3.03. The molecule has 3 aromatic rings. The van der Waals surface area contributed by atoms with Gasteiger partial charge in [0.2, 0.25) is 5.16 Å². The maximum Gasteiger partial charge on any atom is 0.269 e. The van der Waals surface area contributed by atoms with Crippen molar-refractivity contribution in [3.8, 4) is 0 Å². The number of nitro benzene ring substituents is 1. The molecule has 2 aromatic heterocycles. The number of nitro groups is 1. The monoisotopic (exact) mass is 385 g/mol. The molecule has 27 heavy (non-hydrogen) atoms. The van der Waals surface area contributed by atoms with Crippen LogP contribution in [-0.4, -0.2) is 42.4 Å². The largest absolute Gasteiger partial charge is 0.272 e. The number of fused-ring (bicyclic) bond motifs is 1. The first-order valence-electron chi connectivity index (χ1n) is 7.82. The standard InChI is InChI=1S/C16H15N7O3S/c1-10-7-11(2)22-15(18-10)19-16(21-22)27-9-14(24)20-17-8-12-3-5-13(6-4-12)23(25)26/h3-8H,9H2,1-2H3,(H,20,24)/b17-8-. The van der Waals surface area contributed by atoms with Crippen LogP contribution in [0.5, 0.6) is 0 Å². The van der Waals surface area contributed by atoms with Gasteiger partial charge in [-0.1, -0.05) is 11.8 Å². The fourth-order valence-corrected chi connectivity index (χ4v) is 2.84. The van der Waals surface area contributed by atoms with E-state index in [0.29, 0.717) is 16.5 Å². The molecule has 0 fully saturated rings. The molecule has 0 saturated heterocycles. The van der Waals surface area contributed by atoms with Crippen LogP contribution in [0.2, 0.25) is 0 Å². The van der Waals surface area contributed by atoms with Crippen molar-refractivity contribution in [2.45, 2.75) is 19.0 Å². The lowest BCUT2D eigenvalue weighted by Gasteiger charge is -1.98. The molecule has 3 rings (SSSR count). The summed E-state index contributed by atoms with van der Waals surface area (Å²) in [7, 11) is 0. The summed E-state index contributed by atoms with van der Waals surface area (Å²) in [5, 5.41) is 19.2. The van der Waals surface area contributed by atoms with E-state index >= 15 is 0 Å². The first-order valence-corrected chi connectivity index (χ1v) is 8.81. The Labute approximate surface area is 157 Å². The fraction of sp³-hybridized carbons (Fsp3) is 0.188. The molecule has 0 bridgehead atoms. The molecular formula is C16H15N7O3S. The van der Waals surface area contributed by atoms with Crippen molar-refractivity contribution in [3.63, 3.8) is 0 Å². The molecule has 0 radical (unpaired) electrons. The van der Waals surface area contributed by atoms with Crippen molar-refractivity contribution < 1.29 is 9.72 Å². The Morgan fingerprint density at radius 2 is 2.07 bits per heavy atom. The number of aryl methyl sites for hydroxylation is 2. The number of aromatic nitrogens is 4. The van der Waals surface area contributed by atoms with E-state index in [1.54, 1.807) is 16.6 Å². The maximum atomic E-state index is 11.9. The van der Waals surface area contributed by atoms with Crippen molar-refractivity contribution in [2.75, 3.05) is 5.75 Å². The molecule has 0 aliphatic carbocycles. The quantitative estimate of drug-likeness (QED) is 0.297. The fourth-order valence-electron chi connectivity index (χ4n) is 2.23. The van der Waals surface area contributed by atoms with Gasteiger partial charge in [0.05, 0.1) is 16.9 Å². The molecule has 138 valence electrons. The smallest absolute Gasteiger partial charge is 0.269 e. The molecule has 1 amide bonds. The van der Waals surface area contributed by atoms with Crippen molar-refractivity contribution in [3.05, 3.63) is 57.4 Å². The van der Waals surface area contributed by atoms with Crippen LogP contribution in [0.1, 0.15) is 17.0 Å². The zero-order chi connectivity index (χ0) is 19.4. The van der Waals surface area contributed by atoms with E-state index in [1.165, 1.54) is 30.1 Å². The minimum absolute atomic E-state index is 0.00698. The van der Waals surface area contributed by atoms with Gasteiger partial charge < -0.3 is 0 Å². The summed E-state index contributed by atoms with van der Waals surface area (Å²) < 4.78 is 1.62. The van der Waals surface area contributed by atoms with Gasteiger partial charge in [0, 0.05) is 23.5 Å². The molecule has 0 atom stereocenters. The number of thioether (sulfide) groups is 1. The number of amides is 1. The summed E-state index contributed by atoms with van der Waals surface area (Å²) in [6, 6.07) is 7.72. The summed E-state index contributed by atoms with van der Waals surface area (Å²) in [6.07, 6.45) is 1.41. The molecule has 0 saturated carbocycles. The van der Waals surface area contributed by atoms with Crippen molar-refractivity contribution in [2.24, 2.45) is 5.10 Å². The summed E-state index contributed by atoms with van der Waals surface area (Å²) in [5.74, 6) is 0.261. The molecule has 10 nitrogen and oxygen atoms in total. The van der Waals surface area contributed by atoms with E-state index in [9.17, 15) is 14.9 Å². The Balaban J connectivity index is 1.53. The predicted molar refractivity (Wildman–Crippen MR) is 99.8 cm³/mol. The highest BCUT2D eigenvalue weighted by molar-refractivity contribution is 7.99. The Bertz CT molecular complexity index is 1030. The van der Waals surface area contributed by atoms with Crippen LogP contribution in [0.15, 0.2) is 40.6 Å². The van der Waals surface area contributed by atoms with Gasteiger partial charge in [-0.3, -0.25) is 14.9 Å². The van der Waals surface area contributed by atoms with Crippen molar-refractivity contribution >= 4 is 35.3 Å². The molecule has 1 aromatic carbocycles. The average molecular weight is 385 g/mol. The number of nitrogens with zero attached hydrogens (tertiary/aromatic N) is 6. The lowest BCUT2D eigenvalue weighted by atomic mass is 10.2. The Kier molecular flexibility index (Phi) is 5.41. The first kappa shape index (κ1) is 18.5. The van der Waals surface area contributed by atoms with Gasteiger partial charge in [0.1, 0.15) is 0 Å². The van der Waals surface area contributed by atoms with E-state index in [1.807, 2.05) is 19.9 Å². The number of hydrogen-bond acceptors (Lipinski definition) is 8. The van der Waals surface area contributed by atoms with Crippen molar-refractivity contribution in [1.29, 1.82) is 0 Å². The molecule has 2 heterocycles. The molecule has 11 heteroatoms. The number of non-ortho nitro benzene ring substituents is 1. The third kappa shape index (κ3) is 4.64. The summed E-state index contributed by atoms with van der Waals surface area (Å²) in [5.41, 5.74) is 4.78. The predicted octanol–water partition coefficient (Wildman–Crippen LogP) is 1.89. The van der Waals surface area contributed by atoms with E-state index in [2.05, 4.69) is 25.6 Å². The van der Waals surface area contributed by atoms with Crippen LogP contribution in [0.25, 0.3) is 5.78 Å². The number of carbonyl (C=O) groups is 1. The van der Waals surface area contributed by atoms with Crippen LogP contribution < -0.4 is 5.43 Å². The summed E-state index contributed by atoms with van der Waals surface area (Å²) >= 11 is 1.18. The van der Waals surface area contributed by atoms with E-state index in [4.69, 9.17) is 0 Å². The van der Waals surface area contributed by atoms with E-state index in [0.717, 1.165) is 11.4 Å². The Morgan fingerprint density at radius 3 is 2.78 bits per heavy atom. The van der Waals surface area contributed by atoms with Crippen LogP contribution >= 0.6 is 11.8 Å². The van der Waals surface area contributed by atoms with Gasteiger partial charge in [-0.2, -0.15) is 10.1 Å². The molecule has 1 N–H and O–H groups in total. The molecule has 0 unspecified atom stereocenters. The third-order valence-electron chi connectivity index (χ3n) is 3.44. The number of carbonyl (C=O) groups excluding carboxylic acids is 1.